The zero-order valence-corrected chi connectivity index (χ0v) is 11.9. The highest BCUT2D eigenvalue weighted by Gasteiger charge is 2.13. The van der Waals surface area contributed by atoms with Gasteiger partial charge in [0.05, 0.1) is 5.75 Å². The van der Waals surface area contributed by atoms with E-state index in [1.165, 1.54) is 6.26 Å². The van der Waals surface area contributed by atoms with Crippen LogP contribution >= 0.6 is 11.6 Å². The Morgan fingerprint density at radius 1 is 1.41 bits per heavy atom. The topological polar surface area (TPSA) is 46.2 Å². The lowest BCUT2D eigenvalue weighted by Crippen LogP contribution is -2.20. The van der Waals surface area contributed by atoms with Gasteiger partial charge in [-0.25, -0.2) is 8.42 Å². The number of hydrogen-bond acceptors (Lipinski definition) is 3. The Bertz CT molecular complexity index is 485. The molecule has 0 aromatic heterocycles. The first-order chi connectivity index (χ1) is 7.83. The van der Waals surface area contributed by atoms with E-state index >= 15 is 0 Å². The Labute approximate surface area is 108 Å². The van der Waals surface area contributed by atoms with Gasteiger partial charge in [0.25, 0.3) is 0 Å². The predicted octanol–water partition coefficient (Wildman–Crippen LogP) is 2.34. The van der Waals surface area contributed by atoms with Gasteiger partial charge in [-0.05, 0) is 37.6 Å². The maximum absolute atomic E-state index is 11.2. The van der Waals surface area contributed by atoms with E-state index in [-0.39, 0.29) is 11.8 Å². The maximum atomic E-state index is 11.2. The number of aryl methyl sites for hydroxylation is 1. The lowest BCUT2D eigenvalue weighted by molar-refractivity contribution is 0.559. The van der Waals surface area contributed by atoms with Crippen LogP contribution in [0.4, 0.5) is 0 Å². The van der Waals surface area contributed by atoms with Crippen LogP contribution in [0.5, 0.6) is 0 Å². The zero-order chi connectivity index (χ0) is 13.1. The average molecular weight is 276 g/mol. The summed E-state index contributed by atoms with van der Waals surface area (Å²) in [5, 5.41) is 3.86. The van der Waals surface area contributed by atoms with Crippen molar-refractivity contribution >= 4 is 21.4 Å². The molecule has 3 nitrogen and oxygen atoms in total. The van der Waals surface area contributed by atoms with Crippen molar-refractivity contribution in [3.05, 3.63) is 34.3 Å². The second kappa shape index (κ2) is 5.85. The van der Waals surface area contributed by atoms with E-state index in [0.717, 1.165) is 16.1 Å². The van der Waals surface area contributed by atoms with Crippen LogP contribution in [0.1, 0.15) is 23.6 Å². The average Bonchev–Trinajstić information content (AvgIpc) is 2.22. The Balaban J connectivity index is 2.83. The summed E-state index contributed by atoms with van der Waals surface area (Å²) in [5.74, 6) is 0.181. The van der Waals surface area contributed by atoms with Gasteiger partial charge < -0.3 is 5.32 Å². The molecule has 0 aliphatic rings. The van der Waals surface area contributed by atoms with Crippen molar-refractivity contribution in [3.63, 3.8) is 0 Å². The predicted molar refractivity (Wildman–Crippen MR) is 72.3 cm³/mol. The molecule has 17 heavy (non-hydrogen) atoms. The van der Waals surface area contributed by atoms with E-state index in [2.05, 4.69) is 5.32 Å². The molecule has 1 aromatic carbocycles. The van der Waals surface area contributed by atoms with Crippen molar-refractivity contribution in [1.82, 2.24) is 5.32 Å². The lowest BCUT2D eigenvalue weighted by Gasteiger charge is -2.17. The monoisotopic (exact) mass is 275 g/mol. The molecule has 1 rings (SSSR count). The van der Waals surface area contributed by atoms with Gasteiger partial charge in [-0.3, -0.25) is 0 Å². The molecule has 0 spiro atoms. The molecule has 1 unspecified atom stereocenters. The van der Waals surface area contributed by atoms with Gasteiger partial charge >= 0.3 is 0 Å². The first kappa shape index (κ1) is 14.5. The molecule has 96 valence electrons. The van der Waals surface area contributed by atoms with Crippen molar-refractivity contribution in [1.29, 1.82) is 0 Å². The number of nitrogens with one attached hydrogen (secondary N) is 1. The quantitative estimate of drug-likeness (QED) is 0.897. The maximum Gasteiger partial charge on any atom is 0.147 e. The molecule has 1 aromatic rings. The molecule has 1 atom stereocenters. The summed E-state index contributed by atoms with van der Waals surface area (Å²) in [6.07, 6.45) is 1.82. The molecular weight excluding hydrogens is 258 g/mol. The van der Waals surface area contributed by atoms with E-state index in [0.29, 0.717) is 6.42 Å². The van der Waals surface area contributed by atoms with Crippen molar-refractivity contribution in [2.24, 2.45) is 0 Å². The minimum atomic E-state index is -2.92. The fraction of sp³-hybridized carbons (Fsp3) is 0.500. The minimum Gasteiger partial charge on any atom is -0.313 e. The summed E-state index contributed by atoms with van der Waals surface area (Å²) in [7, 11) is -1.09. The highest BCUT2D eigenvalue weighted by atomic mass is 35.5. The zero-order valence-electron chi connectivity index (χ0n) is 10.3. The van der Waals surface area contributed by atoms with Crippen molar-refractivity contribution in [2.45, 2.75) is 19.4 Å². The molecule has 0 aliphatic carbocycles. The fourth-order valence-corrected chi connectivity index (χ4v) is 2.48. The third-order valence-electron chi connectivity index (χ3n) is 2.71. The normalized spacial score (nSPS) is 13.6. The van der Waals surface area contributed by atoms with E-state index in [4.69, 9.17) is 11.6 Å². The third-order valence-corrected chi connectivity index (χ3v) is 4.11. The van der Waals surface area contributed by atoms with Crippen LogP contribution in [0.15, 0.2) is 18.2 Å². The summed E-state index contributed by atoms with van der Waals surface area (Å²) in [5.41, 5.74) is 2.07. The smallest absolute Gasteiger partial charge is 0.147 e. The Morgan fingerprint density at radius 2 is 2.06 bits per heavy atom. The fourth-order valence-electron chi connectivity index (χ4n) is 1.69. The molecule has 0 bridgehead atoms. The molecule has 1 N–H and O–H groups in total. The number of rotatable bonds is 5. The summed E-state index contributed by atoms with van der Waals surface area (Å²) < 4.78 is 22.3. The van der Waals surface area contributed by atoms with Crippen molar-refractivity contribution in [3.8, 4) is 0 Å². The van der Waals surface area contributed by atoms with Gasteiger partial charge in [0.15, 0.2) is 0 Å². The third kappa shape index (κ3) is 4.66. The van der Waals surface area contributed by atoms with E-state index in [9.17, 15) is 8.42 Å². The number of sulfone groups is 1. The van der Waals surface area contributed by atoms with Gasteiger partial charge in [0, 0.05) is 17.3 Å². The van der Waals surface area contributed by atoms with Gasteiger partial charge in [-0.15, -0.1) is 0 Å². The van der Waals surface area contributed by atoms with Gasteiger partial charge in [0.2, 0.25) is 0 Å². The van der Waals surface area contributed by atoms with Crippen LogP contribution in [0, 0.1) is 6.92 Å². The highest BCUT2D eigenvalue weighted by Crippen LogP contribution is 2.22. The summed E-state index contributed by atoms with van der Waals surface area (Å²) in [6, 6.07) is 5.81. The van der Waals surface area contributed by atoms with Crippen LogP contribution in [-0.2, 0) is 9.84 Å². The van der Waals surface area contributed by atoms with Gasteiger partial charge in [0.1, 0.15) is 9.84 Å². The summed E-state index contributed by atoms with van der Waals surface area (Å²) >= 11 is 5.96. The number of hydrogen-bond donors (Lipinski definition) is 1. The van der Waals surface area contributed by atoms with Crippen LogP contribution in [-0.4, -0.2) is 27.5 Å². The number of halogens is 1. The van der Waals surface area contributed by atoms with Gasteiger partial charge in [-0.1, -0.05) is 23.7 Å². The standard InChI is InChI=1S/C12H18ClNO2S/c1-9-8-10(4-5-11(9)13)12(14-2)6-7-17(3,15)16/h4-5,8,12,14H,6-7H2,1-3H3. The molecule has 0 radical (unpaired) electrons. The largest absolute Gasteiger partial charge is 0.313 e. The molecule has 0 saturated carbocycles. The molecule has 0 heterocycles. The van der Waals surface area contributed by atoms with Crippen LogP contribution in [0.2, 0.25) is 5.02 Å². The summed E-state index contributed by atoms with van der Waals surface area (Å²) in [4.78, 5) is 0. The molecule has 0 amide bonds. The van der Waals surface area contributed by atoms with Crippen LogP contribution in [0.3, 0.4) is 0 Å². The van der Waals surface area contributed by atoms with E-state index in [1.807, 2.05) is 32.2 Å². The molecule has 0 aliphatic heterocycles. The molecule has 0 fully saturated rings. The first-order valence-corrected chi connectivity index (χ1v) is 7.88. The molecule has 0 saturated heterocycles. The Kier molecular flexibility index (Phi) is 4.98. The second-order valence-electron chi connectivity index (χ2n) is 4.27. The SMILES string of the molecule is CNC(CCS(C)(=O)=O)c1ccc(Cl)c(C)c1. The molecule has 5 heteroatoms. The lowest BCUT2D eigenvalue weighted by atomic mass is 10.0. The van der Waals surface area contributed by atoms with Crippen molar-refractivity contribution < 1.29 is 8.42 Å². The summed E-state index contributed by atoms with van der Waals surface area (Å²) in [6.45, 7) is 1.94. The van der Waals surface area contributed by atoms with Gasteiger partial charge in [-0.2, -0.15) is 0 Å². The number of benzene rings is 1. The van der Waals surface area contributed by atoms with E-state index < -0.39 is 9.84 Å². The van der Waals surface area contributed by atoms with Crippen molar-refractivity contribution in [2.75, 3.05) is 19.1 Å². The second-order valence-corrected chi connectivity index (χ2v) is 6.94. The minimum absolute atomic E-state index is 0.0423. The Morgan fingerprint density at radius 3 is 2.53 bits per heavy atom. The van der Waals surface area contributed by atoms with Crippen LogP contribution < -0.4 is 5.32 Å². The molecular formula is C12H18ClNO2S. The van der Waals surface area contributed by atoms with Crippen LogP contribution in [0.25, 0.3) is 0 Å². The Hall–Kier alpha value is -0.580. The first-order valence-electron chi connectivity index (χ1n) is 5.44. The van der Waals surface area contributed by atoms with E-state index in [1.54, 1.807) is 0 Å². The highest BCUT2D eigenvalue weighted by molar-refractivity contribution is 7.90.